The minimum Gasteiger partial charge on any atom is -0.365 e. The summed E-state index contributed by atoms with van der Waals surface area (Å²) in [5.41, 5.74) is 0.825. The second-order valence-corrected chi connectivity index (χ2v) is 6.87. The Morgan fingerprint density at radius 3 is 2.29 bits per heavy atom. The average Bonchev–Trinajstić information content (AvgIpc) is 2.41. The van der Waals surface area contributed by atoms with Gasteiger partial charge in [0.1, 0.15) is 11.0 Å². The molecule has 3 N–H and O–H groups in total. The second kappa shape index (κ2) is 6.37. The molecule has 112 valence electrons. The number of hydrogen-bond acceptors (Lipinski definition) is 4. The number of nitrogens with two attached hydrogens (primary N) is 1. The Labute approximate surface area is 137 Å². The van der Waals surface area contributed by atoms with Gasteiger partial charge in [0.15, 0.2) is 0 Å². The molecule has 21 heavy (non-hydrogen) atoms. The fourth-order valence-corrected chi connectivity index (χ4v) is 2.63. The van der Waals surface area contributed by atoms with E-state index in [0.29, 0.717) is 17.4 Å². The lowest BCUT2D eigenvalue weighted by Gasteiger charge is -2.09. The zero-order chi connectivity index (χ0) is 15.6. The highest BCUT2D eigenvalue weighted by atomic mass is 35.5. The third-order valence-corrected chi connectivity index (χ3v) is 4.49. The molecule has 0 atom stereocenters. The molecule has 0 saturated heterocycles. The quantitative estimate of drug-likeness (QED) is 0.813. The Balaban J connectivity index is 2.12. The van der Waals surface area contributed by atoms with Gasteiger partial charge in [-0.25, -0.2) is 18.5 Å². The lowest BCUT2D eigenvalue weighted by molar-refractivity contribution is 0.598. The van der Waals surface area contributed by atoms with Crippen LogP contribution in [0.3, 0.4) is 0 Å². The van der Waals surface area contributed by atoms with Gasteiger partial charge in [-0.3, -0.25) is 0 Å². The number of benzene rings is 1. The molecule has 2 aromatic rings. The van der Waals surface area contributed by atoms with Crippen LogP contribution < -0.4 is 10.5 Å². The maximum atomic E-state index is 11.1. The molecule has 0 unspecified atom stereocenters. The van der Waals surface area contributed by atoms with Crippen LogP contribution >= 0.6 is 34.8 Å². The first-order chi connectivity index (χ1) is 9.77. The summed E-state index contributed by atoms with van der Waals surface area (Å²) in [6.07, 6.45) is 0. The number of nitrogens with one attached hydrogen (secondary N) is 1. The van der Waals surface area contributed by atoms with Crippen LogP contribution in [0, 0.1) is 0 Å². The van der Waals surface area contributed by atoms with Gasteiger partial charge in [0, 0.05) is 6.54 Å². The monoisotopic (exact) mass is 365 g/mol. The van der Waals surface area contributed by atoms with Crippen molar-refractivity contribution < 1.29 is 8.42 Å². The minimum absolute atomic E-state index is 0.0527. The first kappa shape index (κ1) is 16.3. The Kier molecular flexibility index (Phi) is 4.95. The summed E-state index contributed by atoms with van der Waals surface area (Å²) in [6.45, 7) is 0.385. The second-order valence-electron chi connectivity index (χ2n) is 4.13. The predicted octanol–water partition coefficient (Wildman–Crippen LogP) is 3.30. The van der Waals surface area contributed by atoms with E-state index in [1.54, 1.807) is 12.1 Å². The number of primary sulfonamides is 1. The zero-order valence-corrected chi connectivity index (χ0v) is 13.6. The summed E-state index contributed by atoms with van der Waals surface area (Å²) in [7, 11) is -3.69. The van der Waals surface area contributed by atoms with Crippen molar-refractivity contribution in [1.29, 1.82) is 0 Å². The number of pyridine rings is 1. The van der Waals surface area contributed by atoms with E-state index < -0.39 is 10.0 Å². The molecule has 5 nitrogen and oxygen atoms in total. The molecule has 0 fully saturated rings. The van der Waals surface area contributed by atoms with Crippen LogP contribution in [0.15, 0.2) is 35.2 Å². The Morgan fingerprint density at radius 1 is 1.10 bits per heavy atom. The fourth-order valence-electron chi connectivity index (χ4n) is 1.55. The van der Waals surface area contributed by atoms with Crippen molar-refractivity contribution in [2.45, 2.75) is 11.4 Å². The van der Waals surface area contributed by atoms with E-state index in [2.05, 4.69) is 10.3 Å². The summed E-state index contributed by atoms with van der Waals surface area (Å²) >= 11 is 17.6. The van der Waals surface area contributed by atoms with Crippen molar-refractivity contribution in [1.82, 2.24) is 4.98 Å². The summed E-state index contributed by atoms with van der Waals surface area (Å²) in [4.78, 5) is 4.07. The smallest absolute Gasteiger partial charge is 0.238 e. The first-order valence-electron chi connectivity index (χ1n) is 5.64. The maximum absolute atomic E-state index is 11.1. The molecule has 1 aromatic carbocycles. The van der Waals surface area contributed by atoms with Gasteiger partial charge >= 0.3 is 0 Å². The summed E-state index contributed by atoms with van der Waals surface area (Å²) in [5.74, 6) is 0.390. The van der Waals surface area contributed by atoms with Crippen molar-refractivity contribution in [2.75, 3.05) is 5.32 Å². The standard InChI is InChI=1S/C12H10Cl3N3O2S/c13-9-5-10(14)12(18-11(9)15)17-6-7-1-3-8(4-2-7)21(16,19)20/h1-5H,6H2,(H,17,18)(H2,16,19,20). The molecule has 0 radical (unpaired) electrons. The van der Waals surface area contributed by atoms with Crippen molar-refractivity contribution in [3.63, 3.8) is 0 Å². The molecule has 0 saturated carbocycles. The van der Waals surface area contributed by atoms with Crippen LogP contribution in [0.5, 0.6) is 0 Å². The van der Waals surface area contributed by atoms with Crippen molar-refractivity contribution in [2.24, 2.45) is 5.14 Å². The molecule has 0 aliphatic rings. The molecular weight excluding hydrogens is 357 g/mol. The molecule has 0 amide bonds. The molecule has 1 heterocycles. The predicted molar refractivity (Wildman–Crippen MR) is 84.4 cm³/mol. The largest absolute Gasteiger partial charge is 0.365 e. The maximum Gasteiger partial charge on any atom is 0.238 e. The highest BCUT2D eigenvalue weighted by Gasteiger charge is 2.09. The summed E-state index contributed by atoms with van der Waals surface area (Å²) in [5, 5.41) is 8.77. The lowest BCUT2D eigenvalue weighted by Crippen LogP contribution is -2.12. The normalized spacial score (nSPS) is 11.4. The Morgan fingerprint density at radius 2 is 1.71 bits per heavy atom. The zero-order valence-electron chi connectivity index (χ0n) is 10.5. The number of nitrogens with zero attached hydrogens (tertiary/aromatic N) is 1. The van der Waals surface area contributed by atoms with Crippen LogP contribution in [0.2, 0.25) is 15.2 Å². The fraction of sp³-hybridized carbons (Fsp3) is 0.0833. The SMILES string of the molecule is NS(=O)(=O)c1ccc(CNc2nc(Cl)c(Cl)cc2Cl)cc1. The van der Waals surface area contributed by atoms with Gasteiger partial charge in [0.25, 0.3) is 0 Å². The molecule has 2 rings (SSSR count). The van der Waals surface area contributed by atoms with E-state index in [1.807, 2.05) is 0 Å². The number of rotatable bonds is 4. The van der Waals surface area contributed by atoms with Crippen LogP contribution in [0.1, 0.15) is 5.56 Å². The Bertz CT molecular complexity index is 764. The van der Waals surface area contributed by atoms with Gasteiger partial charge in [0.2, 0.25) is 10.0 Å². The van der Waals surface area contributed by atoms with Crippen molar-refractivity contribution >= 4 is 50.6 Å². The first-order valence-corrected chi connectivity index (χ1v) is 8.32. The highest BCUT2D eigenvalue weighted by Crippen LogP contribution is 2.29. The number of halogens is 3. The average molecular weight is 367 g/mol. The van der Waals surface area contributed by atoms with Crippen molar-refractivity contribution in [3.8, 4) is 0 Å². The van der Waals surface area contributed by atoms with E-state index in [9.17, 15) is 8.42 Å². The van der Waals surface area contributed by atoms with Crippen molar-refractivity contribution in [3.05, 3.63) is 51.1 Å². The molecule has 0 aliphatic heterocycles. The van der Waals surface area contributed by atoms with E-state index in [4.69, 9.17) is 39.9 Å². The molecule has 1 aromatic heterocycles. The number of anilines is 1. The summed E-state index contributed by atoms with van der Waals surface area (Å²) < 4.78 is 22.3. The molecule has 9 heteroatoms. The third kappa shape index (κ3) is 4.21. The van der Waals surface area contributed by atoms with Gasteiger partial charge in [0.05, 0.1) is 14.9 Å². The highest BCUT2D eigenvalue weighted by molar-refractivity contribution is 7.89. The van der Waals surface area contributed by atoms with Gasteiger partial charge in [-0.05, 0) is 23.8 Å². The molecular formula is C12H10Cl3N3O2S. The van der Waals surface area contributed by atoms with Crippen LogP contribution in [0.25, 0.3) is 0 Å². The van der Waals surface area contributed by atoms with Crippen LogP contribution in [-0.2, 0) is 16.6 Å². The van der Waals surface area contributed by atoms with Crippen LogP contribution in [0.4, 0.5) is 5.82 Å². The van der Waals surface area contributed by atoms with E-state index >= 15 is 0 Å². The van der Waals surface area contributed by atoms with E-state index in [0.717, 1.165) is 5.56 Å². The minimum atomic E-state index is -3.69. The van der Waals surface area contributed by atoms with Gasteiger partial charge in [-0.2, -0.15) is 0 Å². The Hall–Kier alpha value is -1.05. The van der Waals surface area contributed by atoms with Gasteiger partial charge < -0.3 is 5.32 Å². The molecule has 0 bridgehead atoms. The molecule has 0 aliphatic carbocycles. The summed E-state index contributed by atoms with van der Waals surface area (Å²) in [6, 6.07) is 7.62. The van der Waals surface area contributed by atoms with E-state index in [-0.39, 0.29) is 15.1 Å². The van der Waals surface area contributed by atoms with Crippen LogP contribution in [-0.4, -0.2) is 13.4 Å². The lowest BCUT2D eigenvalue weighted by atomic mass is 10.2. The number of hydrogen-bond donors (Lipinski definition) is 2. The number of sulfonamides is 1. The molecule has 0 spiro atoms. The topological polar surface area (TPSA) is 85.1 Å². The van der Waals surface area contributed by atoms with Gasteiger partial charge in [-0.15, -0.1) is 0 Å². The number of aromatic nitrogens is 1. The van der Waals surface area contributed by atoms with Gasteiger partial charge in [-0.1, -0.05) is 46.9 Å². The third-order valence-electron chi connectivity index (χ3n) is 2.60. The van der Waals surface area contributed by atoms with E-state index in [1.165, 1.54) is 18.2 Å².